The van der Waals surface area contributed by atoms with Crippen LogP contribution in [0.2, 0.25) is 0 Å². The Morgan fingerprint density at radius 3 is 2.60 bits per heavy atom. The Bertz CT molecular complexity index is 1280. The van der Waals surface area contributed by atoms with E-state index in [4.69, 9.17) is 17.2 Å². The Morgan fingerprint density at radius 1 is 0.933 bits per heavy atom. The molecule has 146 valence electrons. The highest BCUT2D eigenvalue weighted by atomic mass is 32.1. The van der Waals surface area contributed by atoms with Gasteiger partial charge in [0.15, 0.2) is 5.11 Å². The third-order valence-electron chi connectivity index (χ3n) is 4.49. The van der Waals surface area contributed by atoms with E-state index in [-0.39, 0.29) is 0 Å². The third kappa shape index (κ3) is 3.78. The van der Waals surface area contributed by atoms with Gasteiger partial charge in [0.05, 0.1) is 21.6 Å². The first-order valence-corrected chi connectivity index (χ1v) is 10.5. The van der Waals surface area contributed by atoms with Crippen LogP contribution >= 0.6 is 23.6 Å². The molecule has 0 saturated carbocycles. The second-order valence-electron chi connectivity index (χ2n) is 6.48. The maximum atomic E-state index is 5.54. The number of nitrogens with one attached hydrogen (secondary N) is 2. The summed E-state index contributed by atoms with van der Waals surface area (Å²) in [4.78, 5) is 8.91. The van der Waals surface area contributed by atoms with Crippen LogP contribution in [0.15, 0.2) is 85.5 Å². The Labute approximate surface area is 182 Å². The maximum Gasteiger partial charge on any atom is 0.175 e. The van der Waals surface area contributed by atoms with E-state index in [2.05, 4.69) is 20.7 Å². The first-order chi connectivity index (χ1) is 14.8. The van der Waals surface area contributed by atoms with Crippen molar-refractivity contribution in [3.63, 3.8) is 0 Å². The van der Waals surface area contributed by atoms with Crippen LogP contribution in [0.4, 0.5) is 11.4 Å². The quantitative estimate of drug-likeness (QED) is 0.376. The summed E-state index contributed by atoms with van der Waals surface area (Å²) in [5, 5.41) is 12.2. The SMILES string of the molecule is S=C(Nc1ccc(-n2cccn2)cc1)Nc1ccccc1-c1nc2ccncc2s1. The minimum atomic E-state index is 0.511. The number of anilines is 2. The number of hydrogen-bond acceptors (Lipinski definition) is 5. The van der Waals surface area contributed by atoms with Gasteiger partial charge in [-0.2, -0.15) is 5.10 Å². The second-order valence-corrected chi connectivity index (χ2v) is 7.92. The summed E-state index contributed by atoms with van der Waals surface area (Å²) in [5.41, 5.74) is 4.72. The average Bonchev–Trinajstić information content (AvgIpc) is 3.45. The van der Waals surface area contributed by atoms with Gasteiger partial charge in [-0.25, -0.2) is 9.67 Å². The smallest absolute Gasteiger partial charge is 0.175 e. The first kappa shape index (κ1) is 18.4. The van der Waals surface area contributed by atoms with Gasteiger partial charge in [-0.15, -0.1) is 11.3 Å². The van der Waals surface area contributed by atoms with Gasteiger partial charge in [0.2, 0.25) is 0 Å². The molecule has 0 bridgehead atoms. The van der Waals surface area contributed by atoms with Crippen LogP contribution in [0.5, 0.6) is 0 Å². The highest BCUT2D eigenvalue weighted by Crippen LogP contribution is 2.34. The predicted octanol–water partition coefficient (Wildman–Crippen LogP) is 5.35. The fourth-order valence-corrected chi connectivity index (χ4v) is 4.28. The number of benzene rings is 2. The lowest BCUT2D eigenvalue weighted by molar-refractivity contribution is 0.881. The fraction of sp³-hybridized carbons (Fsp3) is 0. The zero-order valence-electron chi connectivity index (χ0n) is 15.7. The second kappa shape index (κ2) is 8.02. The topological polar surface area (TPSA) is 67.7 Å². The summed E-state index contributed by atoms with van der Waals surface area (Å²) < 4.78 is 2.87. The van der Waals surface area contributed by atoms with Crippen LogP contribution in [0.1, 0.15) is 0 Å². The maximum absolute atomic E-state index is 5.54. The van der Waals surface area contributed by atoms with E-state index in [0.29, 0.717) is 5.11 Å². The number of hydrogen-bond donors (Lipinski definition) is 2. The fourth-order valence-electron chi connectivity index (χ4n) is 3.08. The zero-order valence-corrected chi connectivity index (χ0v) is 17.3. The van der Waals surface area contributed by atoms with Crippen molar-refractivity contribution >= 4 is 50.3 Å². The summed E-state index contributed by atoms with van der Waals surface area (Å²) in [5.74, 6) is 0. The minimum Gasteiger partial charge on any atom is -0.332 e. The molecular formula is C22H16N6S2. The molecule has 0 atom stereocenters. The summed E-state index contributed by atoms with van der Waals surface area (Å²) in [6.45, 7) is 0. The molecule has 5 aromatic rings. The van der Waals surface area contributed by atoms with Crippen molar-refractivity contribution in [2.45, 2.75) is 0 Å². The standard InChI is InChI=1S/C22H16N6S2/c29-22(25-15-6-8-16(9-7-15)28-13-3-11-24-28)27-18-5-2-1-4-17(18)21-26-19-10-12-23-14-20(19)30-21/h1-14H,(H2,25,27,29). The molecule has 0 amide bonds. The van der Waals surface area contributed by atoms with E-state index in [9.17, 15) is 0 Å². The van der Waals surface area contributed by atoms with Crippen LogP contribution in [-0.2, 0) is 0 Å². The lowest BCUT2D eigenvalue weighted by Gasteiger charge is -2.13. The van der Waals surface area contributed by atoms with Gasteiger partial charge >= 0.3 is 0 Å². The van der Waals surface area contributed by atoms with Crippen LogP contribution in [0, 0.1) is 0 Å². The van der Waals surface area contributed by atoms with Crippen molar-refractivity contribution in [1.29, 1.82) is 0 Å². The molecule has 0 aliphatic heterocycles. The zero-order chi connectivity index (χ0) is 20.3. The molecule has 0 spiro atoms. The van der Waals surface area contributed by atoms with E-state index in [1.54, 1.807) is 23.7 Å². The first-order valence-electron chi connectivity index (χ1n) is 9.24. The van der Waals surface area contributed by atoms with E-state index in [0.717, 1.165) is 37.8 Å². The Morgan fingerprint density at radius 2 is 1.80 bits per heavy atom. The molecular weight excluding hydrogens is 412 g/mol. The lowest BCUT2D eigenvalue weighted by atomic mass is 10.2. The number of fused-ring (bicyclic) bond motifs is 1. The van der Waals surface area contributed by atoms with Crippen molar-refractivity contribution in [2.75, 3.05) is 10.6 Å². The van der Waals surface area contributed by atoms with Gasteiger partial charge in [-0.05, 0) is 60.7 Å². The van der Waals surface area contributed by atoms with Gasteiger partial charge in [0.25, 0.3) is 0 Å². The van der Waals surface area contributed by atoms with E-state index in [1.807, 2.05) is 77.7 Å². The summed E-state index contributed by atoms with van der Waals surface area (Å²) in [7, 11) is 0. The minimum absolute atomic E-state index is 0.511. The van der Waals surface area contributed by atoms with Crippen LogP contribution in [0.3, 0.4) is 0 Å². The summed E-state index contributed by atoms with van der Waals surface area (Å²) in [6.07, 6.45) is 7.26. The molecule has 5 rings (SSSR count). The van der Waals surface area contributed by atoms with Crippen LogP contribution in [-0.4, -0.2) is 24.9 Å². The van der Waals surface area contributed by atoms with Crippen molar-refractivity contribution in [3.05, 3.63) is 85.5 Å². The van der Waals surface area contributed by atoms with Crippen molar-refractivity contribution in [2.24, 2.45) is 0 Å². The number of para-hydroxylation sites is 1. The van der Waals surface area contributed by atoms with Crippen molar-refractivity contribution in [3.8, 4) is 16.3 Å². The number of rotatable bonds is 4. The highest BCUT2D eigenvalue weighted by molar-refractivity contribution is 7.80. The number of aromatic nitrogens is 4. The molecule has 3 aromatic heterocycles. The monoisotopic (exact) mass is 428 g/mol. The number of thiazole rings is 1. The molecule has 0 aliphatic carbocycles. The van der Waals surface area contributed by atoms with Crippen LogP contribution in [0.25, 0.3) is 26.5 Å². The van der Waals surface area contributed by atoms with E-state index in [1.165, 1.54) is 0 Å². The Kier molecular flexibility index (Phi) is 4.92. The number of pyridine rings is 1. The molecule has 0 radical (unpaired) electrons. The van der Waals surface area contributed by atoms with Crippen molar-refractivity contribution < 1.29 is 0 Å². The highest BCUT2D eigenvalue weighted by Gasteiger charge is 2.11. The molecule has 0 fully saturated rings. The van der Waals surface area contributed by atoms with E-state index < -0.39 is 0 Å². The Balaban J connectivity index is 1.34. The lowest BCUT2D eigenvalue weighted by Crippen LogP contribution is -2.19. The summed E-state index contributed by atoms with van der Waals surface area (Å²) >= 11 is 7.15. The summed E-state index contributed by atoms with van der Waals surface area (Å²) in [6, 6.07) is 19.7. The van der Waals surface area contributed by atoms with Gasteiger partial charge in [-0.3, -0.25) is 4.98 Å². The average molecular weight is 429 g/mol. The molecule has 2 aromatic carbocycles. The van der Waals surface area contributed by atoms with Gasteiger partial charge in [0, 0.05) is 36.0 Å². The van der Waals surface area contributed by atoms with Crippen LogP contribution < -0.4 is 10.6 Å². The van der Waals surface area contributed by atoms with E-state index >= 15 is 0 Å². The molecule has 3 heterocycles. The van der Waals surface area contributed by atoms with Crippen molar-refractivity contribution in [1.82, 2.24) is 19.7 Å². The number of thiocarbonyl (C=S) groups is 1. The third-order valence-corrected chi connectivity index (χ3v) is 5.73. The van der Waals surface area contributed by atoms with Gasteiger partial charge in [-0.1, -0.05) is 12.1 Å². The molecule has 6 nitrogen and oxygen atoms in total. The molecule has 0 saturated heterocycles. The normalized spacial score (nSPS) is 10.8. The molecule has 30 heavy (non-hydrogen) atoms. The molecule has 2 N–H and O–H groups in total. The Hall–Kier alpha value is -3.62. The van der Waals surface area contributed by atoms with Gasteiger partial charge < -0.3 is 10.6 Å². The van der Waals surface area contributed by atoms with Gasteiger partial charge in [0.1, 0.15) is 5.01 Å². The number of nitrogens with zero attached hydrogens (tertiary/aromatic N) is 4. The largest absolute Gasteiger partial charge is 0.332 e. The molecule has 0 aliphatic rings. The molecule has 8 heteroatoms. The predicted molar refractivity (Wildman–Crippen MR) is 126 cm³/mol. The molecule has 0 unspecified atom stereocenters.